The molecule has 0 saturated carbocycles. The van der Waals surface area contributed by atoms with E-state index < -0.39 is 26.8 Å². The fraction of sp³-hybridized carbons (Fsp3) is 0.462. The number of hydrogen-bond donors (Lipinski definition) is 1. The molecule has 22 heavy (non-hydrogen) atoms. The molecule has 0 aliphatic carbocycles. The van der Waals surface area contributed by atoms with Crippen molar-refractivity contribution in [3.63, 3.8) is 0 Å². The SMILES string of the molecule is Cc1cc([N+](=O)[O-])cc(C)c1S(=O)(=O)N(C)CC(C)C(=O)O. The highest BCUT2D eigenvalue weighted by atomic mass is 32.2. The van der Waals surface area contributed by atoms with E-state index in [1.165, 1.54) is 40.0 Å². The van der Waals surface area contributed by atoms with E-state index in [2.05, 4.69) is 0 Å². The maximum Gasteiger partial charge on any atom is 0.307 e. The fourth-order valence-corrected chi connectivity index (χ4v) is 3.82. The summed E-state index contributed by atoms with van der Waals surface area (Å²) in [5.74, 6) is -1.96. The van der Waals surface area contributed by atoms with Crippen LogP contribution in [0.25, 0.3) is 0 Å². The van der Waals surface area contributed by atoms with Crippen LogP contribution < -0.4 is 0 Å². The van der Waals surface area contributed by atoms with Crippen molar-refractivity contribution in [3.8, 4) is 0 Å². The maximum absolute atomic E-state index is 12.6. The first-order chi connectivity index (χ1) is 9.98. The summed E-state index contributed by atoms with van der Waals surface area (Å²) in [6.45, 7) is 4.17. The Morgan fingerprint density at radius 1 is 1.36 bits per heavy atom. The Labute approximate surface area is 128 Å². The highest BCUT2D eigenvalue weighted by Gasteiger charge is 2.29. The molecule has 0 saturated heterocycles. The molecular weight excluding hydrogens is 312 g/mol. The van der Waals surface area contributed by atoms with Gasteiger partial charge in [0.05, 0.1) is 15.7 Å². The lowest BCUT2D eigenvalue weighted by Crippen LogP contribution is -2.34. The highest BCUT2D eigenvalue weighted by molar-refractivity contribution is 7.89. The number of nitro groups is 1. The van der Waals surface area contributed by atoms with E-state index >= 15 is 0 Å². The van der Waals surface area contributed by atoms with Crippen molar-refractivity contribution in [2.45, 2.75) is 25.7 Å². The summed E-state index contributed by atoms with van der Waals surface area (Å²) in [4.78, 5) is 21.0. The van der Waals surface area contributed by atoms with Gasteiger partial charge in [-0.15, -0.1) is 0 Å². The van der Waals surface area contributed by atoms with E-state index in [1.54, 1.807) is 0 Å². The largest absolute Gasteiger partial charge is 0.481 e. The summed E-state index contributed by atoms with van der Waals surface area (Å²) in [7, 11) is -2.64. The summed E-state index contributed by atoms with van der Waals surface area (Å²) in [5, 5.41) is 19.7. The van der Waals surface area contributed by atoms with E-state index in [4.69, 9.17) is 5.11 Å². The zero-order chi connectivity index (χ0) is 17.2. The van der Waals surface area contributed by atoms with Crippen molar-refractivity contribution in [2.75, 3.05) is 13.6 Å². The number of aryl methyl sites for hydroxylation is 2. The van der Waals surface area contributed by atoms with E-state index in [0.29, 0.717) is 0 Å². The van der Waals surface area contributed by atoms with Gasteiger partial charge in [0, 0.05) is 25.7 Å². The lowest BCUT2D eigenvalue weighted by Gasteiger charge is -2.21. The van der Waals surface area contributed by atoms with Crippen molar-refractivity contribution in [1.82, 2.24) is 4.31 Å². The first kappa shape index (κ1) is 18.1. The predicted octanol–water partition coefficient (Wildman–Crippen LogP) is 1.55. The lowest BCUT2D eigenvalue weighted by atomic mass is 10.1. The molecule has 0 bridgehead atoms. The van der Waals surface area contributed by atoms with Gasteiger partial charge in [-0.1, -0.05) is 6.92 Å². The molecule has 122 valence electrons. The summed E-state index contributed by atoms with van der Waals surface area (Å²) >= 11 is 0. The van der Waals surface area contributed by atoms with Gasteiger partial charge < -0.3 is 5.11 Å². The highest BCUT2D eigenvalue weighted by Crippen LogP contribution is 2.28. The molecule has 0 aromatic heterocycles. The molecule has 1 aromatic carbocycles. The first-order valence-corrected chi connectivity index (χ1v) is 7.87. The van der Waals surface area contributed by atoms with E-state index in [-0.39, 0.29) is 28.3 Å². The second kappa shape index (κ2) is 6.41. The molecular formula is C13H18N2O6S. The summed E-state index contributed by atoms with van der Waals surface area (Å²) < 4.78 is 26.1. The predicted molar refractivity (Wildman–Crippen MR) is 79.2 cm³/mol. The van der Waals surface area contributed by atoms with Gasteiger partial charge in [-0.25, -0.2) is 12.7 Å². The molecule has 8 nitrogen and oxygen atoms in total. The van der Waals surface area contributed by atoms with Gasteiger partial charge in [-0.3, -0.25) is 14.9 Å². The number of nitrogens with zero attached hydrogens (tertiary/aromatic N) is 2. The number of sulfonamides is 1. The van der Waals surface area contributed by atoms with E-state index in [0.717, 1.165) is 4.31 Å². The molecule has 0 heterocycles. The Balaban J connectivity index is 3.29. The van der Waals surface area contributed by atoms with Gasteiger partial charge in [0.25, 0.3) is 5.69 Å². The molecule has 1 atom stereocenters. The Morgan fingerprint density at radius 2 is 1.82 bits per heavy atom. The molecule has 1 N–H and O–H groups in total. The first-order valence-electron chi connectivity index (χ1n) is 6.43. The molecule has 1 aromatic rings. The Hall–Kier alpha value is -2.00. The standard InChI is InChI=1S/C13H18N2O6S/c1-8-5-11(15(18)19)6-9(2)12(8)22(20,21)14(4)7-10(3)13(16)17/h5-6,10H,7H2,1-4H3,(H,16,17). The minimum atomic E-state index is -3.92. The average Bonchev–Trinajstić information content (AvgIpc) is 2.36. The Kier molecular flexibility index (Phi) is 5.26. The van der Waals surface area contributed by atoms with Gasteiger partial charge in [0.2, 0.25) is 10.0 Å². The number of non-ortho nitro benzene ring substituents is 1. The van der Waals surface area contributed by atoms with Crippen LogP contribution >= 0.6 is 0 Å². The second-order valence-electron chi connectivity index (χ2n) is 5.19. The normalized spacial score (nSPS) is 13.1. The van der Waals surface area contributed by atoms with E-state index in [9.17, 15) is 23.3 Å². The molecule has 0 aliphatic rings. The van der Waals surface area contributed by atoms with Crippen LogP contribution in [0, 0.1) is 29.9 Å². The average molecular weight is 330 g/mol. The molecule has 0 amide bonds. The number of nitro benzene ring substituents is 1. The number of rotatable bonds is 6. The van der Waals surface area contributed by atoms with Gasteiger partial charge >= 0.3 is 5.97 Å². The van der Waals surface area contributed by atoms with E-state index in [1.807, 2.05) is 0 Å². The molecule has 0 spiro atoms. The van der Waals surface area contributed by atoms with Gasteiger partial charge in [0.1, 0.15) is 0 Å². The number of carboxylic acids is 1. The van der Waals surface area contributed by atoms with Crippen LogP contribution in [0.2, 0.25) is 0 Å². The topological polar surface area (TPSA) is 118 Å². The van der Waals surface area contributed by atoms with Crippen LogP contribution in [0.4, 0.5) is 5.69 Å². The number of carboxylic acid groups (broad SMARTS) is 1. The van der Waals surface area contributed by atoms with Crippen molar-refractivity contribution in [3.05, 3.63) is 33.4 Å². The van der Waals surface area contributed by atoms with Gasteiger partial charge in [-0.2, -0.15) is 0 Å². The van der Waals surface area contributed by atoms with Crippen LogP contribution in [0.15, 0.2) is 17.0 Å². The van der Waals surface area contributed by atoms with Crippen molar-refractivity contribution >= 4 is 21.7 Å². The number of carbonyl (C=O) groups is 1. The van der Waals surface area contributed by atoms with Gasteiger partial charge in [0.15, 0.2) is 0 Å². The number of benzene rings is 1. The third-order valence-corrected chi connectivity index (χ3v) is 5.41. The maximum atomic E-state index is 12.6. The fourth-order valence-electron chi connectivity index (χ4n) is 2.16. The van der Waals surface area contributed by atoms with Crippen molar-refractivity contribution in [1.29, 1.82) is 0 Å². The van der Waals surface area contributed by atoms with Gasteiger partial charge in [-0.05, 0) is 25.0 Å². The van der Waals surface area contributed by atoms with Crippen LogP contribution in [0.3, 0.4) is 0 Å². The second-order valence-corrected chi connectivity index (χ2v) is 7.17. The van der Waals surface area contributed by atoms with Crippen molar-refractivity contribution in [2.24, 2.45) is 5.92 Å². The summed E-state index contributed by atoms with van der Waals surface area (Å²) in [6, 6.07) is 2.38. The summed E-state index contributed by atoms with van der Waals surface area (Å²) in [6.07, 6.45) is 0. The molecule has 9 heteroatoms. The minimum Gasteiger partial charge on any atom is -0.481 e. The zero-order valence-corrected chi connectivity index (χ0v) is 13.5. The molecule has 1 unspecified atom stereocenters. The van der Waals surface area contributed by atoms with Crippen LogP contribution in [0.5, 0.6) is 0 Å². The molecule has 1 rings (SSSR count). The quantitative estimate of drug-likeness (QED) is 0.624. The number of hydrogen-bond acceptors (Lipinski definition) is 5. The Morgan fingerprint density at radius 3 is 2.18 bits per heavy atom. The minimum absolute atomic E-state index is 0.0295. The third kappa shape index (κ3) is 3.60. The van der Waals surface area contributed by atoms with Crippen molar-refractivity contribution < 1.29 is 23.2 Å². The molecule has 0 fully saturated rings. The zero-order valence-electron chi connectivity index (χ0n) is 12.7. The van der Waals surface area contributed by atoms with Crippen LogP contribution in [0.1, 0.15) is 18.1 Å². The molecule has 0 aliphatic heterocycles. The smallest absolute Gasteiger partial charge is 0.307 e. The third-order valence-electron chi connectivity index (χ3n) is 3.28. The monoisotopic (exact) mass is 330 g/mol. The lowest BCUT2D eigenvalue weighted by molar-refractivity contribution is -0.385. The Bertz CT molecular complexity index is 690. The van der Waals surface area contributed by atoms with Crippen LogP contribution in [-0.2, 0) is 14.8 Å². The summed E-state index contributed by atoms with van der Waals surface area (Å²) in [5.41, 5.74) is 0.318. The number of aliphatic carboxylic acids is 1. The molecule has 0 radical (unpaired) electrons. The van der Waals surface area contributed by atoms with Crippen LogP contribution in [-0.4, -0.2) is 42.3 Å².